The molecule has 0 aliphatic carbocycles. The van der Waals surface area contributed by atoms with Crippen molar-refractivity contribution in [1.29, 1.82) is 10.5 Å². The predicted octanol–water partition coefficient (Wildman–Crippen LogP) is 7.67. The smallest absolute Gasteiger partial charge is 0.163 e. The summed E-state index contributed by atoms with van der Waals surface area (Å²) in [7, 11) is 0. The second-order valence-electron chi connectivity index (χ2n) is 11.0. The lowest BCUT2D eigenvalue weighted by atomic mass is 9.74. The van der Waals surface area contributed by atoms with Crippen LogP contribution in [0.5, 0.6) is 11.5 Å². The van der Waals surface area contributed by atoms with Crippen LogP contribution < -0.4 is 10.1 Å². The van der Waals surface area contributed by atoms with E-state index >= 15 is 0 Å². The summed E-state index contributed by atoms with van der Waals surface area (Å²) in [6.45, 7) is 8.72. The number of piperidine rings is 1. The lowest BCUT2D eigenvalue weighted by Crippen LogP contribution is -2.57. The maximum atomic E-state index is 13.1. The van der Waals surface area contributed by atoms with Crippen molar-refractivity contribution < 1.29 is 9.53 Å². The molecule has 1 aliphatic heterocycles. The first-order chi connectivity index (χ1) is 17.5. The average Bonchev–Trinajstić information content (AvgIpc) is 2.83. The topological polar surface area (TPSA) is 85.9 Å². The van der Waals surface area contributed by atoms with Gasteiger partial charge in [0.15, 0.2) is 5.78 Å². The van der Waals surface area contributed by atoms with Gasteiger partial charge in [-0.25, -0.2) is 0 Å². The van der Waals surface area contributed by atoms with Crippen LogP contribution >= 0.6 is 11.6 Å². The number of nitriles is 2. The molecular weight excluding hydrogens is 482 g/mol. The van der Waals surface area contributed by atoms with Crippen molar-refractivity contribution in [3.05, 3.63) is 82.4 Å². The van der Waals surface area contributed by atoms with Gasteiger partial charge in [0.2, 0.25) is 0 Å². The minimum Gasteiger partial charge on any atom is -0.454 e. The standard InChI is InChI=1S/C31H30ClN3O2/c1-30(2)16-21(17-31(3,4)35-30)14-27(36)23-11-12-29(26(32)15-23)37-28-10-6-9-24(25(28)19-34)22-8-5-7-20(13-22)18-33/h5-13,15,21,35H,14,16-17H2,1-4H3. The number of carbonyl (C=O) groups is 1. The highest BCUT2D eigenvalue weighted by atomic mass is 35.5. The van der Waals surface area contributed by atoms with Gasteiger partial charge < -0.3 is 10.1 Å². The van der Waals surface area contributed by atoms with Crippen molar-refractivity contribution >= 4 is 17.4 Å². The first-order valence-corrected chi connectivity index (χ1v) is 12.7. The molecule has 0 aromatic heterocycles. The highest BCUT2D eigenvalue weighted by molar-refractivity contribution is 6.32. The minimum absolute atomic E-state index is 0.0229. The Balaban J connectivity index is 1.54. The first-order valence-electron chi connectivity index (χ1n) is 12.3. The summed E-state index contributed by atoms with van der Waals surface area (Å²) < 4.78 is 6.05. The van der Waals surface area contributed by atoms with Crippen LogP contribution in [0.15, 0.2) is 60.7 Å². The molecule has 0 radical (unpaired) electrons. The third-order valence-electron chi connectivity index (χ3n) is 6.66. The molecule has 1 saturated heterocycles. The molecule has 6 heteroatoms. The van der Waals surface area contributed by atoms with E-state index in [2.05, 4.69) is 45.2 Å². The number of carbonyl (C=O) groups excluding carboxylic acids is 1. The predicted molar refractivity (Wildman–Crippen MR) is 146 cm³/mol. The summed E-state index contributed by atoms with van der Waals surface area (Å²) in [5.41, 5.74) is 2.76. The molecule has 37 heavy (non-hydrogen) atoms. The number of ketones is 1. The fraction of sp³-hybridized carbons (Fsp3) is 0.323. The quantitative estimate of drug-likeness (QED) is 0.343. The van der Waals surface area contributed by atoms with Gasteiger partial charge in [0.1, 0.15) is 23.1 Å². The summed E-state index contributed by atoms with van der Waals surface area (Å²) in [5, 5.41) is 23.1. The van der Waals surface area contributed by atoms with Gasteiger partial charge in [-0.05, 0) is 88.4 Å². The zero-order chi connectivity index (χ0) is 26.8. The van der Waals surface area contributed by atoms with Crippen LogP contribution in [0.4, 0.5) is 0 Å². The SMILES string of the molecule is CC1(C)CC(CC(=O)c2ccc(Oc3cccc(-c4cccc(C#N)c4)c3C#N)c(Cl)c2)CC(C)(C)N1. The molecule has 188 valence electrons. The highest BCUT2D eigenvalue weighted by Crippen LogP contribution is 2.38. The monoisotopic (exact) mass is 511 g/mol. The Morgan fingerprint density at radius 1 is 0.973 bits per heavy atom. The number of hydrogen-bond donors (Lipinski definition) is 1. The molecule has 0 saturated carbocycles. The number of nitrogens with zero attached hydrogens (tertiary/aromatic N) is 2. The van der Waals surface area contributed by atoms with Gasteiger partial charge in [-0.3, -0.25) is 4.79 Å². The molecule has 0 atom stereocenters. The summed E-state index contributed by atoms with van der Waals surface area (Å²) in [6, 6.07) is 21.8. The molecular formula is C31H30ClN3O2. The Hall–Kier alpha value is -3.64. The molecule has 1 aliphatic rings. The second kappa shape index (κ2) is 10.4. The average molecular weight is 512 g/mol. The fourth-order valence-corrected chi connectivity index (χ4v) is 5.88. The largest absolute Gasteiger partial charge is 0.454 e. The van der Waals surface area contributed by atoms with E-state index in [4.69, 9.17) is 16.3 Å². The molecule has 1 heterocycles. The zero-order valence-electron chi connectivity index (χ0n) is 21.6. The Labute approximate surface area is 223 Å². The Morgan fingerprint density at radius 3 is 2.32 bits per heavy atom. The summed E-state index contributed by atoms with van der Waals surface area (Å²) in [6.07, 6.45) is 2.33. The molecule has 4 rings (SSSR count). The van der Waals surface area contributed by atoms with Crippen molar-refractivity contribution in [2.24, 2.45) is 5.92 Å². The van der Waals surface area contributed by atoms with Crippen LogP contribution in [-0.4, -0.2) is 16.9 Å². The van der Waals surface area contributed by atoms with Gasteiger partial charge >= 0.3 is 0 Å². The molecule has 3 aromatic rings. The van der Waals surface area contributed by atoms with Crippen LogP contribution in [0.1, 0.15) is 68.4 Å². The van der Waals surface area contributed by atoms with Gasteiger partial charge in [-0.1, -0.05) is 35.9 Å². The minimum atomic E-state index is -0.0229. The van der Waals surface area contributed by atoms with Gasteiger partial charge in [0, 0.05) is 28.6 Å². The molecule has 3 aromatic carbocycles. The molecule has 5 nitrogen and oxygen atoms in total. The van der Waals surface area contributed by atoms with Gasteiger partial charge in [-0.15, -0.1) is 0 Å². The number of ether oxygens (including phenoxy) is 1. The third kappa shape index (κ3) is 6.20. The van der Waals surface area contributed by atoms with Crippen molar-refractivity contribution in [2.45, 2.75) is 58.0 Å². The lowest BCUT2D eigenvalue weighted by Gasteiger charge is -2.46. The number of nitrogens with one attached hydrogen (secondary N) is 1. The van der Waals surface area contributed by atoms with Crippen LogP contribution in [0, 0.1) is 28.6 Å². The summed E-state index contributed by atoms with van der Waals surface area (Å²) in [4.78, 5) is 13.1. The first kappa shape index (κ1) is 26.4. The highest BCUT2D eigenvalue weighted by Gasteiger charge is 2.38. The van der Waals surface area contributed by atoms with Crippen molar-refractivity contribution in [1.82, 2.24) is 5.32 Å². The molecule has 1 N–H and O–H groups in total. The van der Waals surface area contributed by atoms with Crippen molar-refractivity contribution in [3.63, 3.8) is 0 Å². The third-order valence-corrected chi connectivity index (χ3v) is 6.96. The van der Waals surface area contributed by atoms with E-state index in [1.165, 1.54) is 0 Å². The van der Waals surface area contributed by atoms with Crippen LogP contribution in [0.3, 0.4) is 0 Å². The number of rotatable bonds is 6. The molecule has 0 spiro atoms. The fourth-order valence-electron chi connectivity index (χ4n) is 5.66. The van der Waals surface area contributed by atoms with E-state index in [0.29, 0.717) is 45.2 Å². The van der Waals surface area contributed by atoms with Crippen molar-refractivity contribution in [2.75, 3.05) is 0 Å². The lowest BCUT2D eigenvalue weighted by molar-refractivity contribution is 0.0864. The number of halogens is 1. The normalized spacial score (nSPS) is 16.4. The number of Topliss-reactive ketones (excluding diaryl/α,β-unsaturated/α-hetero) is 1. The Kier molecular flexibility index (Phi) is 7.42. The van der Waals surface area contributed by atoms with E-state index in [-0.39, 0.29) is 22.8 Å². The van der Waals surface area contributed by atoms with E-state index in [1.54, 1.807) is 48.5 Å². The van der Waals surface area contributed by atoms with Crippen LogP contribution in [-0.2, 0) is 0 Å². The molecule has 1 fully saturated rings. The molecule has 0 amide bonds. The van der Waals surface area contributed by atoms with Crippen molar-refractivity contribution in [3.8, 4) is 34.8 Å². The number of benzene rings is 3. The Bertz CT molecular complexity index is 1410. The maximum absolute atomic E-state index is 13.1. The van der Waals surface area contributed by atoms with Crippen LogP contribution in [0.2, 0.25) is 5.02 Å². The number of hydrogen-bond acceptors (Lipinski definition) is 5. The van der Waals surface area contributed by atoms with Gasteiger partial charge in [0.05, 0.1) is 16.7 Å². The van der Waals surface area contributed by atoms with Gasteiger partial charge in [-0.2, -0.15) is 10.5 Å². The van der Waals surface area contributed by atoms with E-state index in [1.807, 2.05) is 12.1 Å². The van der Waals surface area contributed by atoms with E-state index < -0.39 is 0 Å². The maximum Gasteiger partial charge on any atom is 0.163 e. The molecule has 0 bridgehead atoms. The molecule has 0 unspecified atom stereocenters. The van der Waals surface area contributed by atoms with Gasteiger partial charge in [0.25, 0.3) is 0 Å². The van der Waals surface area contributed by atoms with Crippen LogP contribution in [0.25, 0.3) is 11.1 Å². The Morgan fingerprint density at radius 2 is 1.68 bits per heavy atom. The van der Waals surface area contributed by atoms with E-state index in [9.17, 15) is 15.3 Å². The second-order valence-corrected chi connectivity index (χ2v) is 11.4. The zero-order valence-corrected chi connectivity index (χ0v) is 22.3. The summed E-state index contributed by atoms with van der Waals surface area (Å²) >= 11 is 6.54. The summed E-state index contributed by atoms with van der Waals surface area (Å²) in [5.74, 6) is 1.06. The van der Waals surface area contributed by atoms with E-state index in [0.717, 1.165) is 18.4 Å².